The summed E-state index contributed by atoms with van der Waals surface area (Å²) in [4.78, 5) is 59.0. The van der Waals surface area contributed by atoms with E-state index in [-0.39, 0.29) is 78.4 Å². The van der Waals surface area contributed by atoms with Gasteiger partial charge in [-0.1, -0.05) is 6.92 Å². The molecule has 0 radical (unpaired) electrons. The molecule has 9 rings (SSSR count). The number of hydrogen-bond donors (Lipinski definition) is 2. The lowest BCUT2D eigenvalue weighted by atomic mass is 9.37. The molecule has 2 N–H and O–H groups in total. The number of methoxy groups -OCH3 is 1. The van der Waals surface area contributed by atoms with Crippen LogP contribution in [0.2, 0.25) is 0 Å². The number of aryl methyl sites for hydroxylation is 1. The summed E-state index contributed by atoms with van der Waals surface area (Å²) in [6.45, 7) is 4.80. The highest BCUT2D eigenvalue weighted by molar-refractivity contribution is 5.95. The van der Waals surface area contributed by atoms with Crippen LogP contribution >= 0.6 is 0 Å². The molecular formula is C34H38F2N10O5. The molecule has 2 amide bonds. The largest absolute Gasteiger partial charge is 0.504 e. The van der Waals surface area contributed by atoms with E-state index < -0.39 is 22.8 Å². The van der Waals surface area contributed by atoms with Crippen molar-refractivity contribution in [1.29, 1.82) is 0 Å². The number of alkyl halides is 2. The molecular weight excluding hydrogens is 666 g/mol. The van der Waals surface area contributed by atoms with Crippen LogP contribution in [0.25, 0.3) is 16.9 Å². The van der Waals surface area contributed by atoms with Crippen molar-refractivity contribution in [2.24, 2.45) is 5.41 Å². The third-order valence-electron chi connectivity index (χ3n) is 11.4. The number of nitrogens with one attached hydrogen (secondary N) is 1. The third kappa shape index (κ3) is 4.94. The Kier molecular flexibility index (Phi) is 7.36. The highest BCUT2D eigenvalue weighted by atomic mass is 19.3. The predicted molar refractivity (Wildman–Crippen MR) is 178 cm³/mol. The number of hydrogen-bond acceptors (Lipinski definition) is 11. The van der Waals surface area contributed by atoms with Crippen molar-refractivity contribution in [2.45, 2.75) is 89.4 Å². The fourth-order valence-corrected chi connectivity index (χ4v) is 8.60. The molecule has 0 aromatic carbocycles. The molecule has 1 aliphatic heterocycles. The van der Waals surface area contributed by atoms with E-state index in [4.69, 9.17) is 4.74 Å². The molecule has 51 heavy (non-hydrogen) atoms. The van der Waals surface area contributed by atoms with Gasteiger partial charge in [-0.3, -0.25) is 14.4 Å². The molecule has 2 bridgehead atoms. The average Bonchev–Trinajstić information content (AvgIpc) is 3.50. The Labute approximate surface area is 290 Å². The zero-order valence-corrected chi connectivity index (χ0v) is 28.7. The van der Waals surface area contributed by atoms with E-state index in [0.29, 0.717) is 54.4 Å². The summed E-state index contributed by atoms with van der Waals surface area (Å²) in [6.07, 6.45) is 5.21. The van der Waals surface area contributed by atoms with E-state index in [1.54, 1.807) is 28.5 Å². The Morgan fingerprint density at radius 2 is 1.86 bits per heavy atom. The summed E-state index contributed by atoms with van der Waals surface area (Å²) in [5, 5.41) is 22.8. The molecule has 5 heterocycles. The van der Waals surface area contributed by atoms with Crippen molar-refractivity contribution in [3.8, 4) is 17.3 Å². The molecule has 5 fully saturated rings. The van der Waals surface area contributed by atoms with Crippen LogP contribution in [0.4, 0.5) is 14.5 Å². The molecule has 15 nitrogen and oxygen atoms in total. The number of anilines is 1. The minimum absolute atomic E-state index is 0.0524. The Bertz CT molecular complexity index is 2140. The van der Waals surface area contributed by atoms with Crippen LogP contribution in [0.15, 0.2) is 29.5 Å². The fraction of sp³-hybridized carbons (Fsp3) is 0.529. The molecule has 268 valence electrons. The summed E-state index contributed by atoms with van der Waals surface area (Å²) in [6, 6.07) is 2.83. The van der Waals surface area contributed by atoms with Crippen molar-refractivity contribution < 1.29 is 28.2 Å². The third-order valence-corrected chi connectivity index (χ3v) is 11.4. The number of carbonyl (C=O) groups is 2. The van der Waals surface area contributed by atoms with Gasteiger partial charge in [0.15, 0.2) is 22.6 Å². The van der Waals surface area contributed by atoms with Crippen LogP contribution in [0.1, 0.15) is 67.8 Å². The van der Waals surface area contributed by atoms with E-state index in [1.165, 1.54) is 24.4 Å². The monoisotopic (exact) mass is 704 g/mol. The number of halogens is 2. The Morgan fingerprint density at radius 1 is 1.12 bits per heavy atom. The summed E-state index contributed by atoms with van der Waals surface area (Å²) in [5.41, 5.74) is -0.131. The summed E-state index contributed by atoms with van der Waals surface area (Å²) >= 11 is 0. The Morgan fingerprint density at radius 3 is 2.53 bits per heavy atom. The van der Waals surface area contributed by atoms with E-state index >= 15 is 0 Å². The number of aromatic nitrogens is 7. The number of rotatable bonds is 9. The maximum absolute atomic E-state index is 14.5. The number of fused-ring (bicyclic) bond motifs is 2. The standard InChI is InChI=1S/C34H38F2N10O5/c1-5-20-27(43-10-11-44(22-7-6-21(22)43)31(50)26-28(48)18(2)38-17-39-26)29(49)25-30(42-46(41-25)19-8-9-37-24(12-19)51-4)45(20)13-23(47)40-34-14-33(15-34,16-34)32(3,35)36/h8-9,12,17,21-22,48H,5-7,10-11,13-16H2,1-4H3,(H,40,47)/t21-,22-,33?,34?/m0/s1. The first-order valence-electron chi connectivity index (χ1n) is 17.1. The summed E-state index contributed by atoms with van der Waals surface area (Å²) < 4.78 is 35.4. The minimum Gasteiger partial charge on any atom is -0.504 e. The molecule has 4 aliphatic carbocycles. The number of piperazine rings is 1. The van der Waals surface area contributed by atoms with Gasteiger partial charge in [0.25, 0.3) is 11.8 Å². The molecule has 4 aromatic heterocycles. The number of aromatic hydroxyl groups is 1. The van der Waals surface area contributed by atoms with Gasteiger partial charge in [-0.15, -0.1) is 15.0 Å². The first-order chi connectivity index (χ1) is 24.3. The maximum Gasteiger partial charge on any atom is 0.276 e. The second kappa shape index (κ2) is 11.4. The lowest BCUT2D eigenvalue weighted by Crippen LogP contribution is -2.79. The fourth-order valence-electron chi connectivity index (χ4n) is 8.60. The molecule has 17 heteroatoms. The van der Waals surface area contributed by atoms with Crippen LogP contribution in [0.5, 0.6) is 11.6 Å². The predicted octanol–water partition coefficient (Wildman–Crippen LogP) is 2.54. The number of ether oxygens (including phenoxy) is 1. The van der Waals surface area contributed by atoms with Crippen molar-refractivity contribution in [1.82, 2.24) is 44.7 Å². The van der Waals surface area contributed by atoms with Crippen LogP contribution in [0, 0.1) is 12.3 Å². The maximum atomic E-state index is 14.5. The van der Waals surface area contributed by atoms with E-state index in [9.17, 15) is 28.3 Å². The number of amides is 2. The van der Waals surface area contributed by atoms with Crippen molar-refractivity contribution in [3.63, 3.8) is 0 Å². The van der Waals surface area contributed by atoms with Gasteiger partial charge in [0.2, 0.25) is 17.2 Å². The van der Waals surface area contributed by atoms with Gasteiger partial charge in [-0.2, -0.15) is 0 Å². The van der Waals surface area contributed by atoms with Gasteiger partial charge in [0.1, 0.15) is 18.6 Å². The molecule has 4 aromatic rings. The molecule has 0 unspecified atom stereocenters. The molecule has 4 saturated carbocycles. The zero-order valence-electron chi connectivity index (χ0n) is 28.7. The lowest BCUT2D eigenvalue weighted by molar-refractivity contribution is -0.275. The van der Waals surface area contributed by atoms with Crippen molar-refractivity contribution in [2.75, 3.05) is 25.1 Å². The van der Waals surface area contributed by atoms with Crippen molar-refractivity contribution >= 4 is 28.7 Å². The SMILES string of the molecule is CCc1c(N2CCN(C(=O)c3ncnc(C)c3O)[C@H]3CC[C@@H]32)c(=O)c2nn(-c3ccnc(OC)c3)nc2n1CC(=O)NC12CC(C(C)(F)F)(C1)C2. The molecule has 2 atom stereocenters. The van der Waals surface area contributed by atoms with E-state index in [0.717, 1.165) is 6.92 Å². The van der Waals surface area contributed by atoms with Crippen LogP contribution in [-0.4, -0.2) is 100 Å². The number of nitrogens with zero attached hydrogens (tertiary/aromatic N) is 9. The Hall–Kier alpha value is -5.22. The highest BCUT2D eigenvalue weighted by Gasteiger charge is 2.76. The topological polar surface area (TPSA) is 173 Å². The van der Waals surface area contributed by atoms with Gasteiger partial charge in [0.05, 0.1) is 24.5 Å². The van der Waals surface area contributed by atoms with Crippen LogP contribution in [0.3, 0.4) is 0 Å². The second-order valence-corrected chi connectivity index (χ2v) is 14.4. The van der Waals surface area contributed by atoms with Crippen LogP contribution in [-0.2, 0) is 17.8 Å². The average molecular weight is 705 g/mol. The van der Waals surface area contributed by atoms with E-state index in [2.05, 4.69) is 30.5 Å². The lowest BCUT2D eigenvalue weighted by Gasteiger charge is -2.72. The quantitative estimate of drug-likeness (QED) is 0.262. The van der Waals surface area contributed by atoms with Gasteiger partial charge in [0, 0.05) is 48.0 Å². The second-order valence-electron chi connectivity index (χ2n) is 14.4. The highest BCUT2D eigenvalue weighted by Crippen LogP contribution is 2.72. The summed E-state index contributed by atoms with van der Waals surface area (Å²) in [5.74, 6) is -3.52. The normalized spacial score (nSPS) is 25.1. The first-order valence-corrected chi connectivity index (χ1v) is 17.1. The molecule has 1 saturated heterocycles. The number of pyridine rings is 2. The van der Waals surface area contributed by atoms with Crippen LogP contribution < -0.4 is 20.4 Å². The van der Waals surface area contributed by atoms with Gasteiger partial charge in [-0.05, 0) is 58.4 Å². The smallest absolute Gasteiger partial charge is 0.276 e. The molecule has 5 aliphatic rings. The molecule has 0 spiro atoms. The Balaban J connectivity index is 1.17. The van der Waals surface area contributed by atoms with E-state index in [1.807, 2.05) is 11.8 Å². The minimum atomic E-state index is -2.81. The number of carbonyl (C=O) groups excluding carboxylic acids is 2. The van der Waals surface area contributed by atoms with Gasteiger partial charge < -0.3 is 29.5 Å². The van der Waals surface area contributed by atoms with Gasteiger partial charge in [-0.25, -0.2) is 23.7 Å². The van der Waals surface area contributed by atoms with Gasteiger partial charge >= 0.3 is 0 Å². The van der Waals surface area contributed by atoms with Crippen molar-refractivity contribution in [3.05, 3.63) is 52.0 Å². The zero-order chi connectivity index (χ0) is 36.0. The first kappa shape index (κ1) is 33.0. The summed E-state index contributed by atoms with van der Waals surface area (Å²) in [7, 11) is 1.48.